The molecule has 0 bridgehead atoms. The van der Waals surface area contributed by atoms with E-state index in [9.17, 15) is 14.9 Å². The smallest absolute Gasteiger partial charge is 0.269 e. The van der Waals surface area contributed by atoms with Crippen LogP contribution in [-0.2, 0) is 6.54 Å². The van der Waals surface area contributed by atoms with Crippen molar-refractivity contribution in [3.63, 3.8) is 0 Å². The predicted molar refractivity (Wildman–Crippen MR) is 120 cm³/mol. The Bertz CT molecular complexity index is 1500. The van der Waals surface area contributed by atoms with E-state index in [0.717, 1.165) is 16.0 Å². The highest BCUT2D eigenvalue weighted by atomic mass is 32.1. The van der Waals surface area contributed by atoms with Gasteiger partial charge < -0.3 is 4.52 Å². The van der Waals surface area contributed by atoms with Crippen LogP contribution in [0.2, 0.25) is 0 Å². The molecule has 5 aromatic rings. The van der Waals surface area contributed by atoms with Gasteiger partial charge in [-0.15, -0.1) is 11.3 Å². The van der Waals surface area contributed by atoms with Gasteiger partial charge in [-0.2, -0.15) is 4.98 Å². The number of non-ortho nitro benzene ring substituents is 1. The Hall–Kier alpha value is -4.18. The van der Waals surface area contributed by atoms with Gasteiger partial charge in [0.15, 0.2) is 0 Å². The Kier molecular flexibility index (Phi) is 4.83. The molecule has 0 aliphatic heterocycles. The summed E-state index contributed by atoms with van der Waals surface area (Å²) in [5.74, 6) is 0.521. The van der Waals surface area contributed by atoms with E-state index in [-0.39, 0.29) is 29.5 Å². The SMILES string of the molecule is Cc1c(-c2ccccc2)sc2ncn(Cc3nc(-c4ccc([N+](=O)[O-])cc4)no3)c(=O)c12. The van der Waals surface area contributed by atoms with Gasteiger partial charge in [-0.3, -0.25) is 19.5 Å². The molecule has 0 N–H and O–H groups in total. The third kappa shape index (κ3) is 3.46. The van der Waals surface area contributed by atoms with Crippen LogP contribution in [0, 0.1) is 17.0 Å². The number of nitro groups is 1. The van der Waals surface area contributed by atoms with Gasteiger partial charge in [-0.1, -0.05) is 35.5 Å². The summed E-state index contributed by atoms with van der Waals surface area (Å²) in [6.07, 6.45) is 1.48. The minimum atomic E-state index is -0.476. The van der Waals surface area contributed by atoms with Crippen molar-refractivity contribution in [3.8, 4) is 21.8 Å². The maximum atomic E-state index is 13.2. The number of benzene rings is 2. The molecule has 0 spiro atoms. The van der Waals surface area contributed by atoms with Gasteiger partial charge in [0.05, 0.1) is 16.6 Å². The molecule has 9 nitrogen and oxygen atoms in total. The lowest BCUT2D eigenvalue weighted by atomic mass is 10.1. The fourth-order valence-electron chi connectivity index (χ4n) is 3.45. The van der Waals surface area contributed by atoms with Crippen LogP contribution in [0.4, 0.5) is 5.69 Å². The van der Waals surface area contributed by atoms with Crippen LogP contribution in [0.5, 0.6) is 0 Å². The van der Waals surface area contributed by atoms with E-state index in [1.54, 1.807) is 12.1 Å². The summed E-state index contributed by atoms with van der Waals surface area (Å²) in [7, 11) is 0. The molecule has 0 aliphatic carbocycles. The molecular weight excluding hydrogens is 430 g/mol. The maximum absolute atomic E-state index is 13.2. The van der Waals surface area contributed by atoms with Crippen molar-refractivity contribution < 1.29 is 9.45 Å². The molecule has 0 fully saturated rings. The summed E-state index contributed by atoms with van der Waals surface area (Å²) >= 11 is 1.49. The first-order chi connectivity index (χ1) is 15.5. The van der Waals surface area contributed by atoms with E-state index in [1.807, 2.05) is 37.3 Å². The summed E-state index contributed by atoms with van der Waals surface area (Å²) in [6.45, 7) is 1.99. The monoisotopic (exact) mass is 445 g/mol. The molecule has 158 valence electrons. The molecule has 10 heteroatoms. The second kappa shape index (κ2) is 7.82. The van der Waals surface area contributed by atoms with E-state index < -0.39 is 4.92 Å². The van der Waals surface area contributed by atoms with Crippen molar-refractivity contribution in [1.29, 1.82) is 0 Å². The van der Waals surface area contributed by atoms with E-state index >= 15 is 0 Å². The van der Waals surface area contributed by atoms with Gasteiger partial charge in [0, 0.05) is 22.6 Å². The van der Waals surface area contributed by atoms with Crippen LogP contribution in [0.25, 0.3) is 32.0 Å². The Labute approximate surface area is 184 Å². The van der Waals surface area contributed by atoms with Gasteiger partial charge in [0.2, 0.25) is 11.7 Å². The molecule has 0 aliphatic rings. The summed E-state index contributed by atoms with van der Waals surface area (Å²) < 4.78 is 6.73. The minimum absolute atomic E-state index is 0.0237. The summed E-state index contributed by atoms with van der Waals surface area (Å²) in [5, 5.41) is 15.3. The summed E-state index contributed by atoms with van der Waals surface area (Å²) in [5.41, 5.74) is 2.31. The molecule has 3 aromatic heterocycles. The number of hydrogen-bond donors (Lipinski definition) is 0. The van der Waals surface area contributed by atoms with Crippen LogP contribution in [0.15, 0.2) is 70.2 Å². The average molecular weight is 445 g/mol. The molecule has 0 radical (unpaired) electrons. The van der Waals surface area contributed by atoms with E-state index in [1.165, 1.54) is 34.4 Å². The standard InChI is InChI=1S/C22H15N5O4S/c1-13-18-21(32-19(13)14-5-3-2-4-6-14)23-12-26(22(18)28)11-17-24-20(25-31-17)15-7-9-16(10-8-15)27(29)30/h2-10,12H,11H2,1H3. The fourth-order valence-corrected chi connectivity index (χ4v) is 4.60. The molecule has 2 aromatic carbocycles. The summed E-state index contributed by atoms with van der Waals surface area (Å²) in [6, 6.07) is 15.7. The number of fused-ring (bicyclic) bond motifs is 1. The molecule has 0 atom stereocenters. The third-order valence-electron chi connectivity index (χ3n) is 5.06. The van der Waals surface area contributed by atoms with Gasteiger partial charge in [-0.25, -0.2) is 4.98 Å². The fraction of sp³-hybridized carbons (Fsp3) is 0.0909. The van der Waals surface area contributed by atoms with Crippen molar-refractivity contribution in [2.75, 3.05) is 0 Å². The van der Waals surface area contributed by atoms with Gasteiger partial charge in [0.25, 0.3) is 11.2 Å². The van der Waals surface area contributed by atoms with Crippen molar-refractivity contribution in [3.05, 3.63) is 92.8 Å². The highest BCUT2D eigenvalue weighted by Crippen LogP contribution is 2.35. The zero-order chi connectivity index (χ0) is 22.2. The number of thiophene rings is 1. The average Bonchev–Trinajstić information content (AvgIpc) is 3.41. The second-order valence-electron chi connectivity index (χ2n) is 7.10. The quantitative estimate of drug-likeness (QED) is 0.290. The zero-order valence-corrected chi connectivity index (χ0v) is 17.6. The Morgan fingerprint density at radius 3 is 2.56 bits per heavy atom. The largest absolute Gasteiger partial charge is 0.337 e. The number of aromatic nitrogens is 4. The normalized spacial score (nSPS) is 11.2. The van der Waals surface area contributed by atoms with Gasteiger partial charge >= 0.3 is 0 Å². The number of rotatable bonds is 5. The number of nitrogens with zero attached hydrogens (tertiary/aromatic N) is 5. The highest BCUT2D eigenvalue weighted by molar-refractivity contribution is 7.22. The molecule has 0 saturated heterocycles. The Morgan fingerprint density at radius 1 is 1.09 bits per heavy atom. The molecule has 3 heterocycles. The van der Waals surface area contributed by atoms with Crippen LogP contribution in [-0.4, -0.2) is 24.6 Å². The van der Waals surface area contributed by atoms with E-state index in [4.69, 9.17) is 4.52 Å². The predicted octanol–water partition coefficient (Wildman–Crippen LogP) is 4.44. The molecule has 5 rings (SSSR count). The molecule has 32 heavy (non-hydrogen) atoms. The Balaban J connectivity index is 1.46. The second-order valence-corrected chi connectivity index (χ2v) is 8.09. The summed E-state index contributed by atoms with van der Waals surface area (Å²) in [4.78, 5) is 34.0. The number of hydrogen-bond acceptors (Lipinski definition) is 8. The van der Waals surface area contributed by atoms with Crippen LogP contribution < -0.4 is 5.56 Å². The highest BCUT2D eigenvalue weighted by Gasteiger charge is 2.17. The third-order valence-corrected chi connectivity index (χ3v) is 6.31. The first kappa shape index (κ1) is 19.8. The van der Waals surface area contributed by atoms with Crippen molar-refractivity contribution >= 4 is 27.2 Å². The molecule has 0 unspecified atom stereocenters. The van der Waals surface area contributed by atoms with Crippen LogP contribution in [0.1, 0.15) is 11.5 Å². The van der Waals surface area contributed by atoms with Crippen molar-refractivity contribution in [2.45, 2.75) is 13.5 Å². The molecule has 0 amide bonds. The lowest BCUT2D eigenvalue weighted by Gasteiger charge is -2.02. The van der Waals surface area contributed by atoms with Crippen LogP contribution in [0.3, 0.4) is 0 Å². The lowest BCUT2D eigenvalue weighted by Crippen LogP contribution is -2.21. The zero-order valence-electron chi connectivity index (χ0n) is 16.8. The van der Waals surface area contributed by atoms with E-state index in [2.05, 4.69) is 15.1 Å². The number of aryl methyl sites for hydroxylation is 1. The topological polar surface area (TPSA) is 117 Å². The maximum Gasteiger partial charge on any atom is 0.269 e. The minimum Gasteiger partial charge on any atom is -0.337 e. The van der Waals surface area contributed by atoms with Gasteiger partial charge in [-0.05, 0) is 30.2 Å². The number of nitro benzene ring substituents is 1. The van der Waals surface area contributed by atoms with Crippen molar-refractivity contribution in [1.82, 2.24) is 19.7 Å². The van der Waals surface area contributed by atoms with E-state index in [0.29, 0.717) is 15.8 Å². The van der Waals surface area contributed by atoms with Gasteiger partial charge in [0.1, 0.15) is 11.4 Å². The Morgan fingerprint density at radius 2 is 1.84 bits per heavy atom. The first-order valence-corrected chi connectivity index (χ1v) is 10.4. The van der Waals surface area contributed by atoms with Crippen LogP contribution >= 0.6 is 11.3 Å². The molecule has 0 saturated carbocycles. The first-order valence-electron chi connectivity index (χ1n) is 9.62. The molecular formula is C22H15N5O4S. The lowest BCUT2D eigenvalue weighted by molar-refractivity contribution is -0.384. The van der Waals surface area contributed by atoms with Crippen molar-refractivity contribution in [2.24, 2.45) is 0 Å².